The number of aromatic hydroxyl groups is 2. The molecule has 5 aromatic carbocycles. The van der Waals surface area contributed by atoms with Gasteiger partial charge in [0.25, 0.3) is 0 Å². The van der Waals surface area contributed by atoms with E-state index in [2.05, 4.69) is 48.5 Å². The molecule has 0 aliphatic heterocycles. The summed E-state index contributed by atoms with van der Waals surface area (Å²) in [5.41, 5.74) is 0. The van der Waals surface area contributed by atoms with E-state index in [9.17, 15) is 10.2 Å². The van der Waals surface area contributed by atoms with Crippen molar-refractivity contribution in [3.63, 3.8) is 0 Å². The monoisotopic (exact) mass is 426 g/mol. The van der Waals surface area contributed by atoms with Crippen molar-refractivity contribution < 1.29 is 10.2 Å². The fraction of sp³-hybridized carbons (Fsp3) is 0. The molecule has 0 bridgehead atoms. The first-order chi connectivity index (χ1) is 14.7. The van der Waals surface area contributed by atoms with Crippen molar-refractivity contribution in [2.45, 2.75) is 19.6 Å². The van der Waals surface area contributed by atoms with Crippen LogP contribution < -0.4 is 0 Å². The Labute approximate surface area is 183 Å². The Hall–Kier alpha value is -3.08. The highest BCUT2D eigenvalue weighted by Crippen LogP contribution is 2.39. The first kappa shape index (κ1) is 18.9. The van der Waals surface area contributed by atoms with Crippen molar-refractivity contribution >= 4 is 45.1 Å². The highest BCUT2D eigenvalue weighted by atomic mass is 32.2. The van der Waals surface area contributed by atoms with Gasteiger partial charge in [-0.3, -0.25) is 0 Å². The molecule has 0 aromatic heterocycles. The summed E-state index contributed by atoms with van der Waals surface area (Å²) in [5.74, 6) is 0.554. The summed E-state index contributed by atoms with van der Waals surface area (Å²) in [6, 6.07) is 31.9. The molecule has 0 spiro atoms. The molecular weight excluding hydrogens is 408 g/mol. The van der Waals surface area contributed by atoms with Crippen molar-refractivity contribution in [1.82, 2.24) is 0 Å². The number of hydrogen-bond donors (Lipinski definition) is 2. The SMILES string of the molecule is Oc1ccc(Sc2cccc3cc4cccc(Sc5ccc(O)cc5)c4cc23)cc1. The van der Waals surface area contributed by atoms with Gasteiger partial charge in [0.1, 0.15) is 11.5 Å². The molecule has 0 heterocycles. The average molecular weight is 427 g/mol. The van der Waals surface area contributed by atoms with Crippen molar-refractivity contribution in [1.29, 1.82) is 0 Å². The summed E-state index contributed by atoms with van der Waals surface area (Å²) in [6.07, 6.45) is 0. The Balaban J connectivity index is 1.60. The van der Waals surface area contributed by atoms with E-state index in [-0.39, 0.29) is 11.5 Å². The third-order valence-corrected chi connectivity index (χ3v) is 7.10. The standard InChI is InChI=1S/C26H18O2S2/c27-19-7-11-21(12-8-19)29-25-5-1-3-17-15-18-4-2-6-26(24(18)16-23(17)25)30-22-13-9-20(28)10-14-22/h1-16,27-28H. The molecule has 5 rings (SSSR count). The van der Waals surface area contributed by atoms with Crippen LogP contribution in [0.5, 0.6) is 11.5 Å². The Morgan fingerprint density at radius 2 is 0.900 bits per heavy atom. The van der Waals surface area contributed by atoms with Gasteiger partial charge in [0.15, 0.2) is 0 Å². The molecule has 30 heavy (non-hydrogen) atoms. The van der Waals surface area contributed by atoms with Crippen LogP contribution in [-0.2, 0) is 0 Å². The third kappa shape index (κ3) is 3.84. The number of phenols is 2. The number of rotatable bonds is 4. The molecule has 0 aliphatic rings. The second-order valence-electron chi connectivity index (χ2n) is 7.00. The van der Waals surface area contributed by atoms with Gasteiger partial charge in [0.2, 0.25) is 0 Å². The Morgan fingerprint density at radius 3 is 1.33 bits per heavy atom. The summed E-state index contributed by atoms with van der Waals surface area (Å²) in [4.78, 5) is 4.55. The van der Waals surface area contributed by atoms with Crippen LogP contribution in [0.3, 0.4) is 0 Å². The number of fused-ring (bicyclic) bond motifs is 2. The summed E-state index contributed by atoms with van der Waals surface area (Å²) in [7, 11) is 0. The lowest BCUT2D eigenvalue weighted by atomic mass is 10.0. The minimum atomic E-state index is 0.277. The predicted molar refractivity (Wildman–Crippen MR) is 126 cm³/mol. The van der Waals surface area contributed by atoms with Crippen LogP contribution in [0.25, 0.3) is 21.5 Å². The molecule has 146 valence electrons. The van der Waals surface area contributed by atoms with Gasteiger partial charge in [0.05, 0.1) is 0 Å². The van der Waals surface area contributed by atoms with Crippen LogP contribution in [0.4, 0.5) is 0 Å². The van der Waals surface area contributed by atoms with Crippen LogP contribution in [-0.4, -0.2) is 10.2 Å². The van der Waals surface area contributed by atoms with E-state index >= 15 is 0 Å². The molecule has 0 saturated heterocycles. The molecule has 0 aliphatic carbocycles. The molecule has 0 saturated carbocycles. The van der Waals surface area contributed by atoms with Crippen molar-refractivity contribution in [3.8, 4) is 11.5 Å². The van der Waals surface area contributed by atoms with Gasteiger partial charge in [-0.1, -0.05) is 47.8 Å². The maximum absolute atomic E-state index is 9.55. The lowest BCUT2D eigenvalue weighted by Gasteiger charge is -2.11. The zero-order valence-electron chi connectivity index (χ0n) is 15.9. The molecule has 4 heteroatoms. The van der Waals surface area contributed by atoms with Gasteiger partial charge in [-0.25, -0.2) is 0 Å². The molecule has 0 fully saturated rings. The van der Waals surface area contributed by atoms with Gasteiger partial charge >= 0.3 is 0 Å². The van der Waals surface area contributed by atoms with E-state index in [1.807, 2.05) is 24.3 Å². The summed E-state index contributed by atoms with van der Waals surface area (Å²) in [6.45, 7) is 0. The maximum atomic E-state index is 9.55. The molecule has 5 aromatic rings. The average Bonchev–Trinajstić information content (AvgIpc) is 2.76. The lowest BCUT2D eigenvalue weighted by Crippen LogP contribution is -1.83. The molecule has 2 N–H and O–H groups in total. The van der Waals surface area contributed by atoms with E-state index in [1.165, 1.54) is 31.3 Å². The molecule has 0 amide bonds. The largest absolute Gasteiger partial charge is 0.508 e. The smallest absolute Gasteiger partial charge is 0.115 e. The molecule has 0 unspecified atom stereocenters. The summed E-state index contributed by atoms with van der Waals surface area (Å²) in [5, 5.41) is 23.9. The minimum Gasteiger partial charge on any atom is -0.508 e. The normalized spacial score (nSPS) is 11.2. The van der Waals surface area contributed by atoms with Crippen molar-refractivity contribution in [2.24, 2.45) is 0 Å². The van der Waals surface area contributed by atoms with E-state index in [0.29, 0.717) is 0 Å². The van der Waals surface area contributed by atoms with Gasteiger partial charge in [-0.15, -0.1) is 0 Å². The van der Waals surface area contributed by atoms with Gasteiger partial charge in [0, 0.05) is 19.6 Å². The first-order valence-electron chi connectivity index (χ1n) is 9.55. The van der Waals surface area contributed by atoms with E-state index in [0.717, 1.165) is 9.79 Å². The zero-order chi connectivity index (χ0) is 20.5. The van der Waals surface area contributed by atoms with Crippen LogP contribution in [0, 0.1) is 0 Å². The van der Waals surface area contributed by atoms with Crippen LogP contribution in [0.2, 0.25) is 0 Å². The van der Waals surface area contributed by atoms with Crippen LogP contribution >= 0.6 is 23.5 Å². The lowest BCUT2D eigenvalue weighted by molar-refractivity contribution is 0.474. The highest BCUT2D eigenvalue weighted by Gasteiger charge is 2.09. The highest BCUT2D eigenvalue weighted by molar-refractivity contribution is 7.99. The predicted octanol–water partition coefficient (Wildman–Crippen LogP) is 7.71. The molecule has 0 atom stereocenters. The topological polar surface area (TPSA) is 40.5 Å². The van der Waals surface area contributed by atoms with Crippen molar-refractivity contribution in [2.75, 3.05) is 0 Å². The maximum Gasteiger partial charge on any atom is 0.115 e. The van der Waals surface area contributed by atoms with E-state index in [1.54, 1.807) is 47.8 Å². The van der Waals surface area contributed by atoms with E-state index < -0.39 is 0 Å². The van der Waals surface area contributed by atoms with Crippen LogP contribution in [0.15, 0.2) is 117 Å². The Bertz CT molecular complexity index is 1240. The molecule has 2 nitrogen and oxygen atoms in total. The van der Waals surface area contributed by atoms with Gasteiger partial charge in [-0.2, -0.15) is 0 Å². The summed E-state index contributed by atoms with van der Waals surface area (Å²) < 4.78 is 0. The Morgan fingerprint density at radius 1 is 0.467 bits per heavy atom. The van der Waals surface area contributed by atoms with Gasteiger partial charge in [-0.05, 0) is 94.3 Å². The van der Waals surface area contributed by atoms with Crippen LogP contribution in [0.1, 0.15) is 0 Å². The number of benzene rings is 5. The van der Waals surface area contributed by atoms with E-state index in [4.69, 9.17) is 0 Å². The number of phenolic OH excluding ortho intramolecular Hbond substituents is 2. The fourth-order valence-electron chi connectivity index (χ4n) is 3.45. The minimum absolute atomic E-state index is 0.277. The fourth-order valence-corrected chi connectivity index (χ4v) is 5.37. The third-order valence-electron chi connectivity index (χ3n) is 4.93. The number of hydrogen-bond acceptors (Lipinski definition) is 4. The Kier molecular flexibility index (Phi) is 5.03. The molecular formula is C26H18O2S2. The first-order valence-corrected chi connectivity index (χ1v) is 11.2. The van der Waals surface area contributed by atoms with Gasteiger partial charge < -0.3 is 10.2 Å². The summed E-state index contributed by atoms with van der Waals surface area (Å²) >= 11 is 3.40. The molecule has 0 radical (unpaired) electrons. The second-order valence-corrected chi connectivity index (χ2v) is 9.23. The second kappa shape index (κ2) is 7.98. The quantitative estimate of drug-likeness (QED) is 0.289. The van der Waals surface area contributed by atoms with Crippen molar-refractivity contribution in [3.05, 3.63) is 97.1 Å². The zero-order valence-corrected chi connectivity index (χ0v) is 17.6.